The van der Waals surface area contributed by atoms with Crippen molar-refractivity contribution in [1.82, 2.24) is 0 Å². The molecule has 0 fully saturated rings. The summed E-state index contributed by atoms with van der Waals surface area (Å²) in [6, 6.07) is 144. The predicted molar refractivity (Wildman–Crippen MR) is 414 cm³/mol. The van der Waals surface area contributed by atoms with Crippen molar-refractivity contribution in [3.05, 3.63) is 435 Å². The van der Waals surface area contributed by atoms with E-state index in [9.17, 15) is 4.79 Å². The number of carbonyl (C=O) groups excluding carboxylic acids is 1. The second kappa shape index (κ2) is 37.8. The van der Waals surface area contributed by atoms with Crippen molar-refractivity contribution in [3.8, 4) is 0 Å². The highest BCUT2D eigenvalue weighted by Crippen LogP contribution is 2.35. The third kappa shape index (κ3) is 20.6. The van der Waals surface area contributed by atoms with Crippen molar-refractivity contribution in [3.63, 3.8) is 0 Å². The SMILES string of the molecule is COC(=O)c1cccc(Cc2ccc(CO)cc2)c1.c1ccc(P(c2ccccc2)c2ccccc2)cc1.c1ccc(P(c2ccccc2)c2ccccc2)cc1.c1ccc(P(c2ccccc2)c2ccccc2)cc1.c1ccc(P(c2ccccc2)c2ccccc2)cc1. The Morgan fingerprint density at radius 2 is 0.432 bits per heavy atom. The summed E-state index contributed by atoms with van der Waals surface area (Å²) in [5, 5.41) is 25.8. The summed E-state index contributed by atoms with van der Waals surface area (Å²) in [6.45, 7) is 0.0537. The van der Waals surface area contributed by atoms with Gasteiger partial charge in [-0.3, -0.25) is 0 Å². The maximum absolute atomic E-state index is 11.5. The van der Waals surface area contributed by atoms with E-state index in [1.54, 1.807) is 6.07 Å². The largest absolute Gasteiger partial charge is 0.465 e. The number of aliphatic hydroxyl groups is 1. The van der Waals surface area contributed by atoms with Crippen LogP contribution in [0.2, 0.25) is 0 Å². The fraction of sp³-hybridized carbons (Fsp3) is 0.0341. The predicted octanol–water partition coefficient (Wildman–Crippen LogP) is 16.3. The number of hydrogen-bond acceptors (Lipinski definition) is 3. The Labute approximate surface area is 567 Å². The number of hydrogen-bond donors (Lipinski definition) is 1. The highest BCUT2D eigenvalue weighted by atomic mass is 31.1. The quantitative estimate of drug-likeness (QED) is 0.0775. The molecule has 0 aliphatic carbocycles. The van der Waals surface area contributed by atoms with E-state index in [0.717, 1.165) is 23.1 Å². The first kappa shape index (κ1) is 68.1. The number of benzene rings is 14. The van der Waals surface area contributed by atoms with Gasteiger partial charge in [-0.15, -0.1) is 0 Å². The second-order valence-corrected chi connectivity index (χ2v) is 30.6. The van der Waals surface area contributed by atoms with Gasteiger partial charge in [-0.05, 0) is 131 Å². The van der Waals surface area contributed by atoms with E-state index in [2.05, 4.69) is 364 Å². The van der Waals surface area contributed by atoms with E-state index in [-0.39, 0.29) is 12.6 Å². The van der Waals surface area contributed by atoms with Gasteiger partial charge in [0.1, 0.15) is 0 Å². The maximum Gasteiger partial charge on any atom is 0.337 e. The zero-order valence-corrected chi connectivity index (χ0v) is 56.8. The van der Waals surface area contributed by atoms with Crippen molar-refractivity contribution >= 4 is 101 Å². The third-order valence-corrected chi connectivity index (χ3v) is 24.9. The second-order valence-electron chi connectivity index (χ2n) is 21.7. The van der Waals surface area contributed by atoms with Gasteiger partial charge in [0.25, 0.3) is 0 Å². The molecule has 14 rings (SSSR count). The topological polar surface area (TPSA) is 46.5 Å². The molecule has 0 amide bonds. The molecule has 0 bridgehead atoms. The Balaban J connectivity index is 0.000000129. The Morgan fingerprint density at radius 1 is 0.242 bits per heavy atom. The number of carbonyl (C=O) groups is 1. The minimum Gasteiger partial charge on any atom is -0.465 e. The van der Waals surface area contributed by atoms with E-state index in [0.29, 0.717) is 5.56 Å². The van der Waals surface area contributed by atoms with Gasteiger partial charge in [0.2, 0.25) is 0 Å². The molecule has 3 nitrogen and oxygen atoms in total. The zero-order chi connectivity index (χ0) is 65.3. The Kier molecular flexibility index (Phi) is 27.1. The Bertz CT molecular complexity index is 3530. The van der Waals surface area contributed by atoms with Gasteiger partial charge < -0.3 is 9.84 Å². The number of rotatable bonds is 16. The molecule has 0 saturated carbocycles. The van der Waals surface area contributed by atoms with Gasteiger partial charge in [0.15, 0.2) is 0 Å². The van der Waals surface area contributed by atoms with Crippen LogP contribution in [-0.2, 0) is 17.8 Å². The van der Waals surface area contributed by atoms with Crippen molar-refractivity contribution in [2.24, 2.45) is 0 Å². The molecule has 0 aliphatic rings. The standard InChI is InChI=1S/4C18H15P.C16H16O3/c4*1-4-10-16(11-5-1)19(17-12-6-2-7-13-17)18-14-8-3-9-15-18;1-19-16(18)15-4-2-3-14(10-15)9-12-5-7-13(11-17)8-6-12/h4*1-15H;2-8,10,17H,9,11H2,1H3. The molecular weight excluding hydrogens is 1230 g/mol. The van der Waals surface area contributed by atoms with Crippen LogP contribution in [0.3, 0.4) is 0 Å². The lowest BCUT2D eigenvalue weighted by molar-refractivity contribution is 0.0600. The molecule has 466 valence electrons. The first-order chi connectivity index (χ1) is 47.0. The first-order valence-corrected chi connectivity index (χ1v) is 37.1. The maximum atomic E-state index is 11.5. The van der Waals surface area contributed by atoms with Gasteiger partial charge in [-0.25, -0.2) is 4.79 Å². The van der Waals surface area contributed by atoms with Crippen LogP contribution in [-0.4, -0.2) is 18.2 Å². The van der Waals surface area contributed by atoms with E-state index in [1.165, 1.54) is 70.8 Å². The lowest BCUT2D eigenvalue weighted by atomic mass is 10.0. The van der Waals surface area contributed by atoms with Crippen LogP contribution < -0.4 is 63.7 Å². The van der Waals surface area contributed by atoms with Crippen LogP contribution in [0.15, 0.2) is 413 Å². The van der Waals surface area contributed by atoms with E-state index in [1.807, 2.05) is 42.5 Å². The highest BCUT2D eigenvalue weighted by Gasteiger charge is 2.19. The molecule has 1 N–H and O–H groups in total. The summed E-state index contributed by atoms with van der Waals surface area (Å²) in [4.78, 5) is 11.5. The Morgan fingerprint density at radius 3 is 0.611 bits per heavy atom. The lowest BCUT2D eigenvalue weighted by Gasteiger charge is -2.18. The van der Waals surface area contributed by atoms with Gasteiger partial charge >= 0.3 is 5.97 Å². The smallest absolute Gasteiger partial charge is 0.337 e. The number of esters is 1. The average molecular weight is 1310 g/mol. The first-order valence-electron chi connectivity index (χ1n) is 31.7. The van der Waals surface area contributed by atoms with E-state index < -0.39 is 31.7 Å². The van der Waals surface area contributed by atoms with Crippen LogP contribution in [0.5, 0.6) is 0 Å². The van der Waals surface area contributed by atoms with Crippen LogP contribution in [0.25, 0.3) is 0 Å². The molecular formula is C88H76O3P4. The summed E-state index contributed by atoms with van der Waals surface area (Å²) < 4.78 is 4.71. The van der Waals surface area contributed by atoms with Gasteiger partial charge in [0, 0.05) is 0 Å². The van der Waals surface area contributed by atoms with Crippen LogP contribution in [0, 0.1) is 0 Å². The van der Waals surface area contributed by atoms with Gasteiger partial charge in [0.05, 0.1) is 19.3 Å². The minimum absolute atomic E-state index is 0.0537. The zero-order valence-electron chi connectivity index (χ0n) is 53.2. The monoisotopic (exact) mass is 1300 g/mol. The molecule has 0 unspecified atom stereocenters. The van der Waals surface area contributed by atoms with Gasteiger partial charge in [-0.1, -0.05) is 400 Å². The molecule has 0 saturated heterocycles. The van der Waals surface area contributed by atoms with E-state index >= 15 is 0 Å². The van der Waals surface area contributed by atoms with Crippen LogP contribution in [0.1, 0.15) is 27.0 Å². The third-order valence-electron chi connectivity index (χ3n) is 15.1. The molecule has 0 aromatic heterocycles. The summed E-state index contributed by atoms with van der Waals surface area (Å²) in [5.74, 6) is -0.322. The number of methoxy groups -OCH3 is 1. The lowest BCUT2D eigenvalue weighted by Crippen LogP contribution is -2.20. The molecule has 0 atom stereocenters. The fourth-order valence-electron chi connectivity index (χ4n) is 10.6. The molecule has 0 aliphatic heterocycles. The Hall–Kier alpha value is -9.77. The summed E-state index contributed by atoms with van der Waals surface area (Å²) >= 11 is 0. The van der Waals surface area contributed by atoms with Gasteiger partial charge in [-0.2, -0.15) is 0 Å². The normalized spacial score (nSPS) is 10.5. The molecule has 7 heteroatoms. The molecule has 0 radical (unpaired) electrons. The summed E-state index contributed by atoms with van der Waals surface area (Å²) in [5.41, 5.74) is 3.65. The van der Waals surface area contributed by atoms with Crippen molar-refractivity contribution < 1.29 is 14.6 Å². The summed E-state index contributed by atoms with van der Waals surface area (Å²) in [6.07, 6.45) is 0.747. The average Bonchev–Trinajstić information content (AvgIpc) is 1.03. The van der Waals surface area contributed by atoms with E-state index in [4.69, 9.17) is 9.84 Å². The molecule has 95 heavy (non-hydrogen) atoms. The summed E-state index contributed by atoms with van der Waals surface area (Å²) in [7, 11) is -0.406. The number of ether oxygens (including phenoxy) is 1. The van der Waals surface area contributed by atoms with Crippen LogP contribution in [0.4, 0.5) is 0 Å². The van der Waals surface area contributed by atoms with Crippen molar-refractivity contribution in [2.75, 3.05) is 7.11 Å². The van der Waals surface area contributed by atoms with Crippen molar-refractivity contribution in [2.45, 2.75) is 13.0 Å². The number of aliphatic hydroxyl groups excluding tert-OH is 1. The minimum atomic E-state index is -0.446. The molecule has 0 heterocycles. The molecule has 14 aromatic rings. The van der Waals surface area contributed by atoms with Crippen molar-refractivity contribution in [1.29, 1.82) is 0 Å². The molecule has 14 aromatic carbocycles. The molecule has 0 spiro atoms. The van der Waals surface area contributed by atoms with Crippen LogP contribution >= 0.6 is 31.7 Å². The highest BCUT2D eigenvalue weighted by molar-refractivity contribution is 7.81. The fourth-order valence-corrected chi connectivity index (χ4v) is 19.9.